The van der Waals surface area contributed by atoms with E-state index in [1.54, 1.807) is 29.2 Å². The zero-order valence-corrected chi connectivity index (χ0v) is 17.4. The number of hydrogen-bond donors (Lipinski definition) is 2. The van der Waals surface area contributed by atoms with E-state index >= 15 is 0 Å². The molecule has 0 atom stereocenters. The SMILES string of the molecule is CC1(c2cc(C(=O)Nc3ccc4oc(=O)n(CC(=O)N5CCCCC5)c4c3)n[nH]2)CC1. The highest BCUT2D eigenvalue weighted by atomic mass is 16.4. The summed E-state index contributed by atoms with van der Waals surface area (Å²) in [5, 5.41) is 9.90. The van der Waals surface area contributed by atoms with E-state index in [9.17, 15) is 14.4 Å². The lowest BCUT2D eigenvalue weighted by atomic mass is 10.1. The highest BCUT2D eigenvalue weighted by Gasteiger charge is 2.41. The summed E-state index contributed by atoms with van der Waals surface area (Å²) in [4.78, 5) is 39.4. The Labute approximate surface area is 178 Å². The van der Waals surface area contributed by atoms with Gasteiger partial charge in [0.1, 0.15) is 6.54 Å². The molecule has 1 aliphatic heterocycles. The molecule has 2 fully saturated rings. The number of nitrogens with one attached hydrogen (secondary N) is 2. The summed E-state index contributed by atoms with van der Waals surface area (Å²) in [7, 11) is 0. The molecule has 2 aromatic heterocycles. The number of H-pyrrole nitrogens is 1. The average molecular weight is 423 g/mol. The predicted molar refractivity (Wildman–Crippen MR) is 114 cm³/mol. The topological polar surface area (TPSA) is 113 Å². The fraction of sp³-hybridized carbons (Fsp3) is 0.455. The summed E-state index contributed by atoms with van der Waals surface area (Å²) >= 11 is 0. The fourth-order valence-electron chi connectivity index (χ4n) is 4.07. The Morgan fingerprint density at radius 2 is 1.97 bits per heavy atom. The van der Waals surface area contributed by atoms with Crippen molar-refractivity contribution in [2.45, 2.75) is 51.0 Å². The van der Waals surface area contributed by atoms with Crippen molar-refractivity contribution in [2.24, 2.45) is 0 Å². The van der Waals surface area contributed by atoms with Crippen LogP contribution in [0.1, 0.15) is 55.2 Å². The Bertz CT molecular complexity index is 1210. The highest BCUT2D eigenvalue weighted by molar-refractivity contribution is 6.03. The number of likely N-dealkylation sites (tertiary alicyclic amines) is 1. The first-order valence-electron chi connectivity index (χ1n) is 10.7. The molecule has 9 nitrogen and oxygen atoms in total. The average Bonchev–Trinajstić information content (AvgIpc) is 3.20. The number of hydrogen-bond acceptors (Lipinski definition) is 5. The molecule has 1 aliphatic carbocycles. The second kappa shape index (κ2) is 7.40. The number of amides is 2. The third-order valence-electron chi connectivity index (χ3n) is 6.39. The van der Waals surface area contributed by atoms with Gasteiger partial charge in [0.25, 0.3) is 5.91 Å². The van der Waals surface area contributed by atoms with E-state index < -0.39 is 5.76 Å². The monoisotopic (exact) mass is 423 g/mol. The maximum Gasteiger partial charge on any atom is 0.420 e. The summed E-state index contributed by atoms with van der Waals surface area (Å²) in [5.74, 6) is -1.03. The van der Waals surface area contributed by atoms with Crippen LogP contribution in [-0.4, -0.2) is 44.6 Å². The molecule has 162 valence electrons. The number of piperidine rings is 1. The summed E-state index contributed by atoms with van der Waals surface area (Å²) in [5.41, 5.74) is 2.72. The van der Waals surface area contributed by atoms with Gasteiger partial charge in [0.05, 0.1) is 5.52 Å². The van der Waals surface area contributed by atoms with Gasteiger partial charge < -0.3 is 14.6 Å². The first-order valence-corrected chi connectivity index (χ1v) is 10.7. The molecule has 3 aromatic rings. The maximum absolute atomic E-state index is 12.6. The van der Waals surface area contributed by atoms with Crippen molar-refractivity contribution < 1.29 is 14.0 Å². The molecule has 1 saturated heterocycles. The van der Waals surface area contributed by atoms with Crippen LogP contribution in [0.4, 0.5) is 5.69 Å². The summed E-state index contributed by atoms with van der Waals surface area (Å²) < 4.78 is 6.61. The molecule has 2 amide bonds. The molecule has 2 N–H and O–H groups in total. The van der Waals surface area contributed by atoms with Crippen LogP contribution in [-0.2, 0) is 16.8 Å². The minimum Gasteiger partial charge on any atom is -0.408 e. The van der Waals surface area contributed by atoms with Gasteiger partial charge >= 0.3 is 5.76 Å². The Morgan fingerprint density at radius 1 is 1.19 bits per heavy atom. The number of nitrogens with zero attached hydrogens (tertiary/aromatic N) is 3. The van der Waals surface area contributed by atoms with E-state index in [4.69, 9.17) is 4.42 Å². The van der Waals surface area contributed by atoms with Gasteiger partial charge in [-0.25, -0.2) is 4.79 Å². The Balaban J connectivity index is 1.36. The molecule has 0 radical (unpaired) electrons. The molecular formula is C22H25N5O4. The minimum atomic E-state index is -0.585. The molecular weight excluding hydrogens is 398 g/mol. The van der Waals surface area contributed by atoms with E-state index in [1.165, 1.54) is 4.57 Å². The molecule has 5 rings (SSSR count). The van der Waals surface area contributed by atoms with Crippen molar-refractivity contribution >= 4 is 28.6 Å². The predicted octanol–water partition coefficient (Wildman–Crippen LogP) is 2.63. The van der Waals surface area contributed by atoms with Crippen molar-refractivity contribution in [3.8, 4) is 0 Å². The number of anilines is 1. The third-order valence-corrected chi connectivity index (χ3v) is 6.39. The Kier molecular flexibility index (Phi) is 4.68. The van der Waals surface area contributed by atoms with E-state index in [-0.39, 0.29) is 23.8 Å². The van der Waals surface area contributed by atoms with Crippen molar-refractivity contribution in [1.82, 2.24) is 19.7 Å². The number of fused-ring (bicyclic) bond motifs is 1. The van der Waals surface area contributed by atoms with Crippen molar-refractivity contribution in [3.63, 3.8) is 0 Å². The second-order valence-electron chi connectivity index (χ2n) is 8.76. The number of carbonyl (C=O) groups is 2. The van der Waals surface area contributed by atoms with Gasteiger partial charge in [-0.15, -0.1) is 0 Å². The lowest BCUT2D eigenvalue weighted by Crippen LogP contribution is -2.39. The normalized spacial score (nSPS) is 17.6. The van der Waals surface area contributed by atoms with Gasteiger partial charge in [-0.3, -0.25) is 19.3 Å². The van der Waals surface area contributed by atoms with E-state index in [0.29, 0.717) is 22.5 Å². The van der Waals surface area contributed by atoms with Gasteiger partial charge in [0.15, 0.2) is 11.3 Å². The van der Waals surface area contributed by atoms with Crippen LogP contribution >= 0.6 is 0 Å². The fourth-order valence-corrected chi connectivity index (χ4v) is 4.07. The first-order chi connectivity index (χ1) is 14.9. The number of aromatic nitrogens is 3. The van der Waals surface area contributed by atoms with Gasteiger partial charge in [-0.2, -0.15) is 5.10 Å². The van der Waals surface area contributed by atoms with Crippen molar-refractivity contribution in [2.75, 3.05) is 18.4 Å². The molecule has 1 aromatic carbocycles. The van der Waals surface area contributed by atoms with Gasteiger partial charge in [0.2, 0.25) is 5.91 Å². The largest absolute Gasteiger partial charge is 0.420 e. The Hall–Kier alpha value is -3.36. The van der Waals surface area contributed by atoms with Gasteiger partial charge in [-0.1, -0.05) is 6.92 Å². The summed E-state index contributed by atoms with van der Waals surface area (Å²) in [6.45, 7) is 3.49. The van der Waals surface area contributed by atoms with Gasteiger partial charge in [-0.05, 0) is 56.4 Å². The van der Waals surface area contributed by atoms with Crippen LogP contribution < -0.4 is 11.1 Å². The Morgan fingerprint density at radius 3 is 2.71 bits per heavy atom. The zero-order valence-electron chi connectivity index (χ0n) is 17.4. The first kappa shape index (κ1) is 19.6. The van der Waals surface area contributed by atoms with E-state index in [0.717, 1.165) is 50.9 Å². The zero-order chi connectivity index (χ0) is 21.6. The lowest BCUT2D eigenvalue weighted by molar-refractivity contribution is -0.132. The maximum atomic E-state index is 12.6. The molecule has 1 saturated carbocycles. The molecule has 0 bridgehead atoms. The summed E-state index contributed by atoms with van der Waals surface area (Å²) in [6, 6.07) is 6.72. The smallest absolute Gasteiger partial charge is 0.408 e. The second-order valence-corrected chi connectivity index (χ2v) is 8.76. The van der Waals surface area contributed by atoms with Crippen LogP contribution in [0.15, 0.2) is 33.5 Å². The number of benzene rings is 1. The summed E-state index contributed by atoms with van der Waals surface area (Å²) in [6.07, 6.45) is 5.26. The molecule has 0 unspecified atom stereocenters. The highest BCUT2D eigenvalue weighted by Crippen LogP contribution is 2.46. The molecule has 2 aliphatic rings. The van der Waals surface area contributed by atoms with Crippen LogP contribution in [0.3, 0.4) is 0 Å². The van der Waals surface area contributed by atoms with Crippen LogP contribution in [0.2, 0.25) is 0 Å². The van der Waals surface area contributed by atoms with E-state index in [1.807, 2.05) is 0 Å². The quantitative estimate of drug-likeness (QED) is 0.655. The number of carbonyl (C=O) groups excluding carboxylic acids is 2. The standard InChI is InChI=1S/C22H25N5O4/c1-22(7-8-22)18-12-15(24-25-18)20(29)23-14-5-6-17-16(11-14)27(21(30)31-17)13-19(28)26-9-3-2-4-10-26/h5-6,11-12H,2-4,7-10,13H2,1H3,(H,23,29)(H,24,25). The number of oxazole rings is 1. The molecule has 9 heteroatoms. The van der Waals surface area contributed by atoms with Crippen LogP contribution in [0, 0.1) is 0 Å². The van der Waals surface area contributed by atoms with Gasteiger partial charge in [0, 0.05) is 29.9 Å². The lowest BCUT2D eigenvalue weighted by Gasteiger charge is -2.26. The molecule has 0 spiro atoms. The number of rotatable bonds is 5. The third kappa shape index (κ3) is 3.75. The minimum absolute atomic E-state index is 0.0788. The van der Waals surface area contributed by atoms with Crippen molar-refractivity contribution in [3.05, 3.63) is 46.2 Å². The molecule has 31 heavy (non-hydrogen) atoms. The molecule has 3 heterocycles. The van der Waals surface area contributed by atoms with Crippen LogP contribution in [0.5, 0.6) is 0 Å². The van der Waals surface area contributed by atoms with E-state index in [2.05, 4.69) is 22.4 Å². The van der Waals surface area contributed by atoms with Crippen molar-refractivity contribution in [1.29, 1.82) is 0 Å². The number of aromatic amines is 1. The van der Waals surface area contributed by atoms with Crippen LogP contribution in [0.25, 0.3) is 11.1 Å².